The first-order valence-electron chi connectivity index (χ1n) is 5.32. The van der Waals surface area contributed by atoms with E-state index in [4.69, 9.17) is 0 Å². The first-order chi connectivity index (χ1) is 7.59. The van der Waals surface area contributed by atoms with Gasteiger partial charge in [0.1, 0.15) is 0 Å². The molecule has 3 heteroatoms. The van der Waals surface area contributed by atoms with Gasteiger partial charge in [0, 0.05) is 12.0 Å². The van der Waals surface area contributed by atoms with E-state index in [-0.39, 0.29) is 11.9 Å². The molecule has 0 aliphatic heterocycles. The first kappa shape index (κ1) is 10.9. The van der Waals surface area contributed by atoms with E-state index in [0.29, 0.717) is 12.0 Å². The minimum absolute atomic E-state index is 0.208. The summed E-state index contributed by atoms with van der Waals surface area (Å²) in [4.78, 5) is 11.5. The molecule has 0 bridgehead atoms. The number of carbonyl (C=O) groups is 1. The Morgan fingerprint density at radius 1 is 1.50 bits per heavy atom. The molecule has 3 nitrogen and oxygen atoms in total. The Balaban J connectivity index is 2.22. The van der Waals surface area contributed by atoms with Crippen molar-refractivity contribution in [2.24, 2.45) is 0 Å². The molecule has 0 aromatic heterocycles. The van der Waals surface area contributed by atoms with Gasteiger partial charge in [-0.1, -0.05) is 30.8 Å². The van der Waals surface area contributed by atoms with Crippen LogP contribution in [0.4, 0.5) is 0 Å². The largest absolute Gasteiger partial charge is 0.390 e. The van der Waals surface area contributed by atoms with Gasteiger partial charge in [0.05, 0.1) is 12.1 Å². The second kappa shape index (κ2) is 4.10. The molecule has 1 aliphatic carbocycles. The number of rotatable bonds is 2. The van der Waals surface area contributed by atoms with E-state index in [0.717, 1.165) is 11.1 Å². The smallest absolute Gasteiger partial charge is 0.246 e. The number of carbonyl (C=O) groups excluding carboxylic acids is 1. The first-order valence-corrected chi connectivity index (χ1v) is 5.32. The van der Waals surface area contributed by atoms with Gasteiger partial charge in [-0.2, -0.15) is 0 Å². The zero-order chi connectivity index (χ0) is 11.7. The number of amides is 1. The van der Waals surface area contributed by atoms with Crippen molar-refractivity contribution in [3.05, 3.63) is 47.5 Å². The lowest BCUT2D eigenvalue weighted by Gasteiger charge is -2.17. The molecule has 1 aliphatic rings. The van der Waals surface area contributed by atoms with Crippen LogP contribution in [-0.2, 0) is 11.2 Å². The predicted octanol–water partition coefficient (Wildman–Crippen LogP) is 1.34. The molecule has 16 heavy (non-hydrogen) atoms. The van der Waals surface area contributed by atoms with Crippen LogP contribution in [0.5, 0.6) is 0 Å². The Kier molecular flexibility index (Phi) is 2.79. The van der Waals surface area contributed by atoms with Crippen LogP contribution < -0.4 is 5.32 Å². The molecular weight excluding hydrogens is 202 g/mol. The second-order valence-corrected chi connectivity index (χ2v) is 4.20. The number of aliphatic hydroxyl groups is 1. The Bertz CT molecular complexity index is 439. The van der Waals surface area contributed by atoms with Crippen LogP contribution in [0.15, 0.2) is 36.4 Å². The normalized spacial score (nSPS) is 22.6. The van der Waals surface area contributed by atoms with Gasteiger partial charge in [-0.3, -0.25) is 4.79 Å². The molecule has 2 unspecified atom stereocenters. The fraction of sp³-hybridized carbons (Fsp3) is 0.308. The Morgan fingerprint density at radius 3 is 2.88 bits per heavy atom. The quantitative estimate of drug-likeness (QED) is 0.734. The fourth-order valence-corrected chi connectivity index (χ4v) is 2.01. The molecule has 1 aromatic rings. The van der Waals surface area contributed by atoms with Crippen molar-refractivity contribution in [2.45, 2.75) is 25.5 Å². The predicted molar refractivity (Wildman–Crippen MR) is 61.9 cm³/mol. The fourth-order valence-electron chi connectivity index (χ4n) is 2.01. The molecule has 0 saturated heterocycles. The topological polar surface area (TPSA) is 49.3 Å². The van der Waals surface area contributed by atoms with Gasteiger partial charge >= 0.3 is 0 Å². The molecule has 84 valence electrons. The van der Waals surface area contributed by atoms with E-state index in [1.807, 2.05) is 24.3 Å². The number of benzene rings is 1. The van der Waals surface area contributed by atoms with Crippen molar-refractivity contribution in [3.8, 4) is 0 Å². The summed E-state index contributed by atoms with van der Waals surface area (Å²) in [6, 6.07) is 7.46. The lowest BCUT2D eigenvalue weighted by atomic mass is 10.1. The molecule has 0 heterocycles. The van der Waals surface area contributed by atoms with Crippen LogP contribution in [0.1, 0.15) is 24.1 Å². The summed E-state index contributed by atoms with van der Waals surface area (Å²) in [5, 5.41) is 12.7. The highest BCUT2D eigenvalue weighted by atomic mass is 16.3. The third-order valence-corrected chi connectivity index (χ3v) is 2.88. The van der Waals surface area contributed by atoms with Crippen LogP contribution in [0, 0.1) is 0 Å². The molecule has 0 saturated carbocycles. The summed E-state index contributed by atoms with van der Waals surface area (Å²) in [6.07, 6.45) is 0.0535. The number of hydrogen-bond acceptors (Lipinski definition) is 2. The van der Waals surface area contributed by atoms with Crippen molar-refractivity contribution >= 4 is 5.91 Å². The van der Waals surface area contributed by atoms with Crippen molar-refractivity contribution < 1.29 is 9.90 Å². The third kappa shape index (κ3) is 1.86. The highest BCUT2D eigenvalue weighted by Crippen LogP contribution is 2.31. The van der Waals surface area contributed by atoms with E-state index < -0.39 is 6.10 Å². The van der Waals surface area contributed by atoms with Gasteiger partial charge in [0.25, 0.3) is 0 Å². The summed E-state index contributed by atoms with van der Waals surface area (Å²) in [5.74, 6) is -0.208. The maximum atomic E-state index is 11.5. The van der Waals surface area contributed by atoms with Gasteiger partial charge in [0.15, 0.2) is 0 Å². The van der Waals surface area contributed by atoms with Gasteiger partial charge < -0.3 is 10.4 Å². The lowest BCUT2D eigenvalue weighted by molar-refractivity contribution is -0.118. The monoisotopic (exact) mass is 217 g/mol. The summed E-state index contributed by atoms with van der Waals surface area (Å²) in [6.45, 7) is 5.24. The van der Waals surface area contributed by atoms with Gasteiger partial charge in [0.2, 0.25) is 5.91 Å². The molecule has 0 fully saturated rings. The minimum Gasteiger partial charge on any atom is -0.390 e. The van der Waals surface area contributed by atoms with Gasteiger partial charge in [-0.25, -0.2) is 0 Å². The van der Waals surface area contributed by atoms with Gasteiger partial charge in [-0.05, 0) is 18.1 Å². The average Bonchev–Trinajstić information content (AvgIpc) is 2.55. The van der Waals surface area contributed by atoms with Crippen molar-refractivity contribution in [1.29, 1.82) is 0 Å². The number of fused-ring (bicyclic) bond motifs is 1. The van der Waals surface area contributed by atoms with Gasteiger partial charge in [-0.15, -0.1) is 0 Å². The van der Waals surface area contributed by atoms with E-state index in [9.17, 15) is 9.90 Å². The third-order valence-electron chi connectivity index (χ3n) is 2.88. The zero-order valence-electron chi connectivity index (χ0n) is 9.23. The summed E-state index contributed by atoms with van der Waals surface area (Å²) >= 11 is 0. The summed E-state index contributed by atoms with van der Waals surface area (Å²) < 4.78 is 0. The molecule has 0 radical (unpaired) electrons. The van der Waals surface area contributed by atoms with Crippen molar-refractivity contribution in [2.75, 3.05) is 0 Å². The standard InChI is InChI=1S/C13H15NO2/c1-8(2)13(16)14-12-10-6-4-3-5-9(10)7-11(12)15/h3-6,11-12,15H,1,7H2,2H3,(H,14,16). The highest BCUT2D eigenvalue weighted by molar-refractivity contribution is 5.92. The van der Waals surface area contributed by atoms with E-state index >= 15 is 0 Å². The van der Waals surface area contributed by atoms with Crippen LogP contribution in [0.2, 0.25) is 0 Å². The molecule has 1 aromatic carbocycles. The molecule has 2 N–H and O–H groups in total. The van der Waals surface area contributed by atoms with E-state index in [1.165, 1.54) is 0 Å². The lowest BCUT2D eigenvalue weighted by Crippen LogP contribution is -2.34. The Labute approximate surface area is 94.8 Å². The maximum Gasteiger partial charge on any atom is 0.246 e. The van der Waals surface area contributed by atoms with E-state index in [1.54, 1.807) is 6.92 Å². The molecule has 2 rings (SSSR count). The maximum absolute atomic E-state index is 11.5. The van der Waals surface area contributed by atoms with Crippen molar-refractivity contribution in [3.63, 3.8) is 0 Å². The summed E-state index contributed by atoms with van der Waals surface area (Å²) in [7, 11) is 0. The minimum atomic E-state index is -0.541. The van der Waals surface area contributed by atoms with Crippen LogP contribution in [0.3, 0.4) is 0 Å². The van der Waals surface area contributed by atoms with Crippen LogP contribution in [-0.4, -0.2) is 17.1 Å². The second-order valence-electron chi connectivity index (χ2n) is 4.20. The number of aliphatic hydroxyl groups excluding tert-OH is 1. The molecule has 0 spiro atoms. The zero-order valence-corrected chi connectivity index (χ0v) is 9.23. The van der Waals surface area contributed by atoms with E-state index in [2.05, 4.69) is 11.9 Å². The Hall–Kier alpha value is -1.61. The number of nitrogens with one attached hydrogen (secondary N) is 1. The molecule has 2 atom stereocenters. The molecule has 1 amide bonds. The van der Waals surface area contributed by atoms with Crippen LogP contribution in [0.25, 0.3) is 0 Å². The Morgan fingerprint density at radius 2 is 2.19 bits per heavy atom. The number of hydrogen-bond donors (Lipinski definition) is 2. The SMILES string of the molecule is C=C(C)C(=O)NC1c2ccccc2CC1O. The highest BCUT2D eigenvalue weighted by Gasteiger charge is 2.31. The van der Waals surface area contributed by atoms with Crippen molar-refractivity contribution in [1.82, 2.24) is 5.32 Å². The van der Waals surface area contributed by atoms with Crippen LogP contribution >= 0.6 is 0 Å². The molecular formula is C13H15NO2. The average molecular weight is 217 g/mol. The summed E-state index contributed by atoms with van der Waals surface area (Å²) in [5.41, 5.74) is 2.56.